The third kappa shape index (κ3) is 7.40. The van der Waals surface area contributed by atoms with Gasteiger partial charge in [-0.25, -0.2) is 4.79 Å². The average molecular weight is 348 g/mol. The summed E-state index contributed by atoms with van der Waals surface area (Å²) in [6.45, 7) is 15.7. The van der Waals surface area contributed by atoms with Crippen molar-refractivity contribution in [2.45, 2.75) is 57.9 Å². The molecule has 0 rings (SSSR count). The largest absolute Gasteiger partial charge is 0.444 e. The van der Waals surface area contributed by atoms with E-state index in [1.54, 1.807) is 26.8 Å². The van der Waals surface area contributed by atoms with Crippen LogP contribution in [0.1, 0.15) is 41.5 Å². The quantitative estimate of drug-likeness (QED) is 0.519. The maximum Gasteiger partial charge on any atom is 0.411 e. The number of carbonyl (C=O) groups is 2. The van der Waals surface area contributed by atoms with Crippen LogP contribution in [0.4, 0.5) is 4.79 Å². The minimum absolute atomic E-state index is 0.0140. The van der Waals surface area contributed by atoms with E-state index in [4.69, 9.17) is 8.92 Å². The predicted octanol–water partition coefficient (Wildman–Crippen LogP) is 3.77. The van der Waals surface area contributed by atoms with Gasteiger partial charge in [0.1, 0.15) is 11.9 Å². The van der Waals surface area contributed by atoms with Crippen molar-refractivity contribution in [1.82, 2.24) is 4.90 Å². The third-order valence-electron chi connectivity index (χ3n) is 3.58. The van der Waals surface area contributed by atoms with Gasteiger partial charge in [-0.1, -0.05) is 26.8 Å². The van der Waals surface area contributed by atoms with Gasteiger partial charge >= 0.3 is 6.09 Å². The maximum atomic E-state index is 12.3. The summed E-state index contributed by atoms with van der Waals surface area (Å²) >= 11 is 0. The van der Waals surface area contributed by atoms with Gasteiger partial charge in [-0.05, 0) is 33.3 Å². The summed E-state index contributed by atoms with van der Waals surface area (Å²) in [5.41, 5.74) is -0.624. The minimum atomic E-state index is -1.33. The smallest absolute Gasteiger partial charge is 0.411 e. The topological polar surface area (TPSA) is 55.8 Å². The molecule has 0 N–H and O–H groups in total. The first-order chi connectivity index (χ1) is 10.2. The van der Waals surface area contributed by atoms with Crippen LogP contribution in [0.3, 0.4) is 0 Å². The van der Waals surface area contributed by atoms with Crippen molar-refractivity contribution in [2.75, 3.05) is 25.7 Å². The zero-order valence-electron chi connectivity index (χ0n) is 15.8. The Bertz CT molecular complexity index is 421. The highest BCUT2D eigenvalue weighted by molar-refractivity contribution is 8.29. The fraction of sp³-hybridized carbons (Fsp3) is 0.765. The summed E-state index contributed by atoms with van der Waals surface area (Å²) in [5.74, 6) is 0. The molecule has 0 aliphatic heterocycles. The van der Waals surface area contributed by atoms with Crippen molar-refractivity contribution in [1.29, 1.82) is 0 Å². The number of amides is 1. The third-order valence-corrected chi connectivity index (χ3v) is 7.25. The molecule has 136 valence electrons. The first-order valence-electron chi connectivity index (χ1n) is 7.68. The molecule has 1 amide bonds. The fourth-order valence-electron chi connectivity index (χ4n) is 1.45. The lowest BCUT2D eigenvalue weighted by Gasteiger charge is -2.44. The van der Waals surface area contributed by atoms with Crippen LogP contribution in [0.15, 0.2) is 12.7 Å². The lowest BCUT2D eigenvalue weighted by atomic mass is 10.2. The van der Waals surface area contributed by atoms with Gasteiger partial charge in [-0.15, -0.1) is 16.9 Å². The van der Waals surface area contributed by atoms with E-state index in [0.717, 1.165) is 0 Å². The zero-order valence-corrected chi connectivity index (χ0v) is 16.7. The number of hydrogen-bond donors (Lipinski definition) is 0. The second-order valence-electron chi connectivity index (χ2n) is 7.73. The van der Waals surface area contributed by atoms with Crippen molar-refractivity contribution in [3.05, 3.63) is 12.7 Å². The Hall–Kier alpha value is -1.01. The summed E-state index contributed by atoms with van der Waals surface area (Å²) < 4.78 is 11.5. The molecule has 0 aromatic carbocycles. The van der Waals surface area contributed by atoms with Crippen molar-refractivity contribution < 1.29 is 18.5 Å². The molecular weight excluding hydrogens is 314 g/mol. The number of rotatable bonds is 7. The van der Waals surface area contributed by atoms with E-state index in [1.165, 1.54) is 4.90 Å². The summed E-state index contributed by atoms with van der Waals surface area (Å²) in [6.07, 6.45) is 5.94. The Morgan fingerprint density at radius 1 is 1.22 bits per heavy atom. The molecule has 0 bridgehead atoms. The van der Waals surface area contributed by atoms with Crippen LogP contribution in [0.25, 0.3) is 0 Å². The van der Waals surface area contributed by atoms with E-state index in [2.05, 4.69) is 39.9 Å². The molecule has 0 aromatic heterocycles. The molecule has 0 radical (unpaired) electrons. The van der Waals surface area contributed by atoms with Gasteiger partial charge in [-0.3, -0.25) is 4.90 Å². The normalized spacial score (nSPS) is 14.8. The first-order valence-corrected chi connectivity index (χ1v) is 10.1. The van der Waals surface area contributed by atoms with Gasteiger partial charge in [0.15, 0.2) is 0 Å². The molecule has 0 spiro atoms. The van der Waals surface area contributed by atoms with E-state index in [1.807, 2.05) is 0 Å². The van der Waals surface area contributed by atoms with Crippen LogP contribution >= 0.6 is 10.3 Å². The van der Waals surface area contributed by atoms with E-state index in [0.29, 0.717) is 6.29 Å². The lowest BCUT2D eigenvalue weighted by Crippen LogP contribution is -2.46. The Kier molecular flexibility index (Phi) is 7.84. The number of aldehydes is 1. The van der Waals surface area contributed by atoms with Crippen LogP contribution in [-0.2, 0) is 13.7 Å². The summed E-state index contributed by atoms with van der Waals surface area (Å²) in [5, 5.41) is 0. The van der Waals surface area contributed by atoms with Crippen LogP contribution in [0, 0.1) is 0 Å². The molecule has 0 heterocycles. The molecule has 0 aliphatic carbocycles. The summed E-state index contributed by atoms with van der Waals surface area (Å²) in [6, 6.07) is -0.413. The second kappa shape index (κ2) is 8.20. The highest BCUT2D eigenvalue weighted by atomic mass is 32.3. The molecule has 23 heavy (non-hydrogen) atoms. The molecular formula is C17H33NO4S. The molecule has 0 saturated carbocycles. The lowest BCUT2D eigenvalue weighted by molar-refractivity contribution is -0.109. The van der Waals surface area contributed by atoms with Crippen LogP contribution in [0.2, 0.25) is 0 Å². The summed E-state index contributed by atoms with van der Waals surface area (Å²) in [4.78, 5) is 24.6. The summed E-state index contributed by atoms with van der Waals surface area (Å²) in [7, 11) is -1.33. The van der Waals surface area contributed by atoms with Gasteiger partial charge < -0.3 is 13.7 Å². The van der Waals surface area contributed by atoms with Crippen molar-refractivity contribution in [2.24, 2.45) is 0 Å². The fourth-order valence-corrected chi connectivity index (χ4v) is 2.28. The monoisotopic (exact) mass is 347 g/mol. The van der Waals surface area contributed by atoms with E-state index in [-0.39, 0.29) is 17.9 Å². The second-order valence-corrected chi connectivity index (χ2v) is 11.7. The molecule has 0 saturated heterocycles. The van der Waals surface area contributed by atoms with Gasteiger partial charge in [0, 0.05) is 4.75 Å². The van der Waals surface area contributed by atoms with E-state index in [9.17, 15) is 9.59 Å². The molecule has 5 nitrogen and oxygen atoms in total. The number of ether oxygens (including phenoxy) is 1. The van der Waals surface area contributed by atoms with Crippen LogP contribution in [0.5, 0.6) is 0 Å². The maximum absolute atomic E-state index is 12.3. The van der Waals surface area contributed by atoms with E-state index < -0.39 is 28.0 Å². The molecule has 0 aromatic rings. The first kappa shape index (κ1) is 22.0. The molecule has 6 heteroatoms. The number of hydrogen-bond acceptors (Lipinski definition) is 4. The molecule has 0 unspecified atom stereocenters. The SMILES string of the molecule is C=C[C@@H](COS(C)(C)C(C)(C)C)N(CC=O)C(=O)OC(C)(C)C. The Morgan fingerprint density at radius 3 is 2.09 bits per heavy atom. The van der Waals surface area contributed by atoms with Crippen LogP contribution in [-0.4, -0.2) is 59.3 Å². The van der Waals surface area contributed by atoms with Gasteiger partial charge in [0.2, 0.25) is 0 Å². The zero-order chi connectivity index (χ0) is 18.5. The number of carbonyl (C=O) groups excluding carboxylic acids is 2. The predicted molar refractivity (Wildman–Crippen MR) is 98.1 cm³/mol. The Labute approximate surface area is 142 Å². The minimum Gasteiger partial charge on any atom is -0.444 e. The van der Waals surface area contributed by atoms with E-state index >= 15 is 0 Å². The highest BCUT2D eigenvalue weighted by Crippen LogP contribution is 2.53. The van der Waals surface area contributed by atoms with Gasteiger partial charge in [0.25, 0.3) is 0 Å². The Balaban J connectivity index is 5.09. The molecule has 0 fully saturated rings. The molecule has 0 aliphatic rings. The molecule has 1 atom stereocenters. The van der Waals surface area contributed by atoms with Gasteiger partial charge in [-0.2, -0.15) is 0 Å². The average Bonchev–Trinajstić information content (AvgIpc) is 2.34. The van der Waals surface area contributed by atoms with Crippen molar-refractivity contribution >= 4 is 22.7 Å². The van der Waals surface area contributed by atoms with Crippen molar-refractivity contribution in [3.63, 3.8) is 0 Å². The van der Waals surface area contributed by atoms with Crippen molar-refractivity contribution in [3.8, 4) is 0 Å². The number of nitrogens with zero attached hydrogens (tertiary/aromatic N) is 1. The Morgan fingerprint density at radius 2 is 1.74 bits per heavy atom. The van der Waals surface area contributed by atoms with Gasteiger partial charge in [0.05, 0.1) is 19.2 Å². The standard InChI is InChI=1S/C17H33NO4S/c1-10-14(13-21-23(8,9)17(5,6)7)18(11-12-19)15(20)22-16(2,3)4/h10,12,14H,1,11,13H2,2-9H3/t14-/m0/s1. The highest BCUT2D eigenvalue weighted by Gasteiger charge is 2.32. The van der Waals surface area contributed by atoms with Crippen LogP contribution < -0.4 is 0 Å².